The first-order valence-corrected chi connectivity index (χ1v) is 7.73. The van der Waals surface area contributed by atoms with Crippen molar-refractivity contribution in [3.05, 3.63) is 71.3 Å². The van der Waals surface area contributed by atoms with Gasteiger partial charge in [-0.05, 0) is 36.5 Å². The quantitative estimate of drug-likeness (QED) is 0.815. The van der Waals surface area contributed by atoms with E-state index in [1.54, 1.807) is 0 Å². The van der Waals surface area contributed by atoms with Gasteiger partial charge in [0.25, 0.3) is 0 Å². The second-order valence-corrected chi connectivity index (χ2v) is 5.61. The number of aliphatic hydroxyl groups is 1. The van der Waals surface area contributed by atoms with Crippen molar-refractivity contribution in [3.63, 3.8) is 0 Å². The molecule has 0 radical (unpaired) electrons. The SMILES string of the molecule is CCc1ccc(CC(C)NCC(O)c2ccccc2)cc1. The van der Waals surface area contributed by atoms with Gasteiger partial charge in [0, 0.05) is 12.6 Å². The fourth-order valence-corrected chi connectivity index (χ4v) is 2.44. The van der Waals surface area contributed by atoms with Crippen LogP contribution in [0, 0.1) is 0 Å². The predicted molar refractivity (Wildman–Crippen MR) is 88.4 cm³/mol. The number of benzene rings is 2. The fraction of sp³-hybridized carbons (Fsp3) is 0.368. The van der Waals surface area contributed by atoms with E-state index in [-0.39, 0.29) is 0 Å². The van der Waals surface area contributed by atoms with Crippen molar-refractivity contribution in [2.45, 2.75) is 38.8 Å². The molecule has 0 heterocycles. The minimum absolute atomic E-state index is 0.343. The van der Waals surface area contributed by atoms with E-state index in [1.165, 1.54) is 11.1 Å². The number of hydrogen-bond acceptors (Lipinski definition) is 2. The molecule has 0 aromatic heterocycles. The third-order valence-electron chi connectivity index (χ3n) is 3.82. The summed E-state index contributed by atoms with van der Waals surface area (Å²) < 4.78 is 0. The highest BCUT2D eigenvalue weighted by atomic mass is 16.3. The number of rotatable bonds is 7. The molecule has 2 N–H and O–H groups in total. The van der Waals surface area contributed by atoms with Gasteiger partial charge in [-0.25, -0.2) is 0 Å². The van der Waals surface area contributed by atoms with Crippen LogP contribution < -0.4 is 5.32 Å². The van der Waals surface area contributed by atoms with Gasteiger partial charge in [-0.3, -0.25) is 0 Å². The Morgan fingerprint density at radius 3 is 2.19 bits per heavy atom. The van der Waals surface area contributed by atoms with Crippen LogP contribution in [-0.2, 0) is 12.8 Å². The molecule has 2 atom stereocenters. The minimum Gasteiger partial charge on any atom is -0.387 e. The topological polar surface area (TPSA) is 32.3 Å². The number of nitrogens with one attached hydrogen (secondary N) is 1. The van der Waals surface area contributed by atoms with Crippen LogP contribution in [0.4, 0.5) is 0 Å². The second-order valence-electron chi connectivity index (χ2n) is 5.61. The summed E-state index contributed by atoms with van der Waals surface area (Å²) in [7, 11) is 0. The molecule has 0 amide bonds. The summed E-state index contributed by atoms with van der Waals surface area (Å²) in [4.78, 5) is 0. The number of aliphatic hydroxyl groups excluding tert-OH is 1. The molecule has 0 saturated carbocycles. The first-order valence-electron chi connectivity index (χ1n) is 7.73. The zero-order valence-corrected chi connectivity index (χ0v) is 12.9. The van der Waals surface area contributed by atoms with Gasteiger partial charge in [0.1, 0.15) is 0 Å². The van der Waals surface area contributed by atoms with Crippen molar-refractivity contribution in [1.29, 1.82) is 0 Å². The van der Waals surface area contributed by atoms with E-state index in [1.807, 2.05) is 30.3 Å². The summed E-state index contributed by atoms with van der Waals surface area (Å²) in [5, 5.41) is 13.5. The molecule has 0 aliphatic rings. The monoisotopic (exact) mass is 283 g/mol. The van der Waals surface area contributed by atoms with Crippen molar-refractivity contribution in [3.8, 4) is 0 Å². The summed E-state index contributed by atoms with van der Waals surface area (Å²) in [6.07, 6.45) is 1.61. The molecule has 112 valence electrons. The molecule has 2 rings (SSSR count). The Morgan fingerprint density at radius 1 is 0.952 bits per heavy atom. The van der Waals surface area contributed by atoms with E-state index in [4.69, 9.17) is 0 Å². The van der Waals surface area contributed by atoms with Gasteiger partial charge in [-0.2, -0.15) is 0 Å². The Balaban J connectivity index is 1.80. The largest absolute Gasteiger partial charge is 0.387 e. The van der Waals surface area contributed by atoms with Crippen molar-refractivity contribution in [2.75, 3.05) is 6.54 Å². The Morgan fingerprint density at radius 2 is 1.57 bits per heavy atom. The lowest BCUT2D eigenvalue weighted by Crippen LogP contribution is -2.32. The van der Waals surface area contributed by atoms with Gasteiger partial charge < -0.3 is 10.4 Å². The van der Waals surface area contributed by atoms with E-state index in [0.717, 1.165) is 18.4 Å². The summed E-state index contributed by atoms with van der Waals surface area (Å²) in [5.41, 5.74) is 3.67. The van der Waals surface area contributed by atoms with Gasteiger partial charge >= 0.3 is 0 Å². The normalized spacial score (nSPS) is 13.9. The molecule has 2 aromatic rings. The van der Waals surface area contributed by atoms with Crippen LogP contribution in [-0.4, -0.2) is 17.7 Å². The van der Waals surface area contributed by atoms with Crippen molar-refractivity contribution < 1.29 is 5.11 Å². The smallest absolute Gasteiger partial charge is 0.0914 e. The highest BCUT2D eigenvalue weighted by molar-refractivity contribution is 5.23. The third-order valence-corrected chi connectivity index (χ3v) is 3.82. The van der Waals surface area contributed by atoms with Crippen LogP contribution in [0.25, 0.3) is 0 Å². The van der Waals surface area contributed by atoms with E-state index >= 15 is 0 Å². The maximum Gasteiger partial charge on any atom is 0.0914 e. The zero-order chi connectivity index (χ0) is 15.1. The molecule has 0 aliphatic carbocycles. The molecule has 0 saturated heterocycles. The van der Waals surface area contributed by atoms with Gasteiger partial charge in [0.15, 0.2) is 0 Å². The second kappa shape index (κ2) is 7.96. The van der Waals surface area contributed by atoms with Gasteiger partial charge in [0.05, 0.1) is 6.10 Å². The summed E-state index contributed by atoms with van der Waals surface area (Å²) >= 11 is 0. The molecule has 2 heteroatoms. The molecular formula is C19H25NO. The molecule has 0 fully saturated rings. The molecule has 2 nitrogen and oxygen atoms in total. The minimum atomic E-state index is -0.448. The fourth-order valence-electron chi connectivity index (χ4n) is 2.44. The molecule has 0 spiro atoms. The van der Waals surface area contributed by atoms with Crippen LogP contribution in [0.3, 0.4) is 0 Å². The van der Waals surface area contributed by atoms with E-state index in [9.17, 15) is 5.11 Å². The molecule has 21 heavy (non-hydrogen) atoms. The first-order chi connectivity index (χ1) is 10.2. The van der Waals surface area contributed by atoms with Crippen molar-refractivity contribution >= 4 is 0 Å². The van der Waals surface area contributed by atoms with Gasteiger partial charge in [-0.15, -0.1) is 0 Å². The Bertz CT molecular complexity index is 521. The average molecular weight is 283 g/mol. The number of hydrogen-bond donors (Lipinski definition) is 2. The predicted octanol–water partition coefficient (Wildman–Crippen LogP) is 3.50. The molecular weight excluding hydrogens is 258 g/mol. The van der Waals surface area contributed by atoms with Crippen molar-refractivity contribution in [2.24, 2.45) is 0 Å². The average Bonchev–Trinajstić information content (AvgIpc) is 2.54. The molecule has 2 unspecified atom stereocenters. The summed E-state index contributed by atoms with van der Waals surface area (Å²) in [5.74, 6) is 0. The summed E-state index contributed by atoms with van der Waals surface area (Å²) in [6.45, 7) is 4.91. The molecule has 2 aromatic carbocycles. The maximum atomic E-state index is 10.1. The van der Waals surface area contributed by atoms with E-state index in [2.05, 4.69) is 43.4 Å². The Hall–Kier alpha value is -1.64. The Labute approximate surface area is 127 Å². The summed E-state index contributed by atoms with van der Waals surface area (Å²) in [6, 6.07) is 18.9. The van der Waals surface area contributed by atoms with Crippen LogP contribution in [0.15, 0.2) is 54.6 Å². The van der Waals surface area contributed by atoms with E-state index < -0.39 is 6.10 Å². The van der Waals surface area contributed by atoms with E-state index in [0.29, 0.717) is 12.6 Å². The first kappa shape index (κ1) is 15.7. The van der Waals surface area contributed by atoms with Crippen LogP contribution in [0.5, 0.6) is 0 Å². The van der Waals surface area contributed by atoms with Crippen LogP contribution in [0.2, 0.25) is 0 Å². The highest BCUT2D eigenvalue weighted by Crippen LogP contribution is 2.12. The van der Waals surface area contributed by atoms with Crippen LogP contribution >= 0.6 is 0 Å². The lowest BCUT2D eigenvalue weighted by Gasteiger charge is -2.17. The highest BCUT2D eigenvalue weighted by Gasteiger charge is 2.09. The number of aryl methyl sites for hydroxylation is 1. The lowest BCUT2D eigenvalue weighted by molar-refractivity contribution is 0.170. The maximum absolute atomic E-state index is 10.1. The standard InChI is InChI=1S/C19H25NO/c1-3-16-9-11-17(12-10-16)13-15(2)20-14-19(21)18-7-5-4-6-8-18/h4-12,15,19-21H,3,13-14H2,1-2H3. The van der Waals surface area contributed by atoms with Gasteiger partial charge in [0.2, 0.25) is 0 Å². The zero-order valence-electron chi connectivity index (χ0n) is 12.9. The Kier molecular flexibility index (Phi) is 5.97. The van der Waals surface area contributed by atoms with Gasteiger partial charge in [-0.1, -0.05) is 61.5 Å². The third kappa shape index (κ3) is 5.00. The molecule has 0 aliphatic heterocycles. The van der Waals surface area contributed by atoms with Crippen molar-refractivity contribution in [1.82, 2.24) is 5.32 Å². The lowest BCUT2D eigenvalue weighted by atomic mass is 10.0. The van der Waals surface area contributed by atoms with Crippen LogP contribution in [0.1, 0.15) is 36.6 Å². The molecule has 0 bridgehead atoms.